The minimum Gasteiger partial charge on any atom is -0.481 e. The topological polar surface area (TPSA) is 86.7 Å². The number of nitrogens with one attached hydrogen (secondary N) is 1. The highest BCUT2D eigenvalue weighted by atomic mass is 32.2. The average Bonchev–Trinajstić information content (AvgIpc) is 3.72. The van der Waals surface area contributed by atoms with Crippen LogP contribution < -0.4 is 5.32 Å². The highest BCUT2D eigenvalue weighted by Gasteiger charge is 2.70. The van der Waals surface area contributed by atoms with Gasteiger partial charge in [0.1, 0.15) is 0 Å². The molecular weight excluding hydrogens is 641 g/mol. The second-order valence-electron chi connectivity index (χ2n) is 20.2. The van der Waals surface area contributed by atoms with Crippen LogP contribution in [0.5, 0.6) is 0 Å². The molecule has 4 saturated carbocycles. The molecule has 8 aliphatic rings. The smallest absolute Gasteiger partial charge is 0.306 e. The van der Waals surface area contributed by atoms with Crippen molar-refractivity contribution >= 4 is 15.8 Å². The molecule has 6 fully saturated rings. The van der Waals surface area contributed by atoms with Gasteiger partial charge in [-0.05, 0) is 153 Å². The van der Waals surface area contributed by atoms with Crippen LogP contribution in [0.25, 0.3) is 0 Å². The fraction of sp³-hybridized carbons (Fsp3) is 0.837. The quantitative estimate of drug-likeness (QED) is 0.260. The van der Waals surface area contributed by atoms with Gasteiger partial charge in [0.15, 0.2) is 9.84 Å². The predicted octanol–water partition coefficient (Wildman–Crippen LogP) is 8.20. The molecule has 6 nitrogen and oxygen atoms in total. The van der Waals surface area contributed by atoms with Crippen molar-refractivity contribution in [2.75, 3.05) is 25.4 Å². The number of carbonyl (C=O) groups is 1. The van der Waals surface area contributed by atoms with E-state index >= 15 is 0 Å². The number of hydrogen-bond acceptors (Lipinski definition) is 5. The van der Waals surface area contributed by atoms with E-state index in [1.165, 1.54) is 68.1 Å². The Morgan fingerprint density at radius 2 is 1.76 bits per heavy atom. The lowest BCUT2D eigenvalue weighted by atomic mass is 9.33. The standard InChI is InChI=1S/C43H66N2O4S/c1-27(2)32-14-19-43(44-22-23-45-25-31-24-30(45)26-50(31,48)49)21-20-41(6)34(37(32)43)12-13-36-40(5)17-15-33(28-8-10-29(11-9-28)38(46)47)39(3,4)35(40)16-18-42(36,41)7/h8,15,29-32,34-37,44H,1,9-14,16-26H2,2-7H3,(H,46,47)/t29-,30-,31-,32-,34+,35-,36+,37+,40-,41+,42+,43-/m0/s1. The number of fused-ring (bicyclic) bond motifs is 9. The number of sulfone groups is 1. The first-order chi connectivity index (χ1) is 23.5. The molecule has 0 aromatic rings. The van der Waals surface area contributed by atoms with Gasteiger partial charge in [0, 0.05) is 31.2 Å². The van der Waals surface area contributed by atoms with Crippen molar-refractivity contribution in [1.82, 2.24) is 10.2 Å². The van der Waals surface area contributed by atoms with Crippen LogP contribution in [0, 0.1) is 57.2 Å². The maximum atomic E-state index is 12.4. The van der Waals surface area contributed by atoms with Crippen molar-refractivity contribution in [3.05, 3.63) is 35.5 Å². The van der Waals surface area contributed by atoms with Gasteiger partial charge < -0.3 is 10.4 Å². The molecule has 2 N–H and O–H groups in total. The summed E-state index contributed by atoms with van der Waals surface area (Å²) in [6, 6.07) is 0.229. The Hall–Kier alpha value is -1.44. The Morgan fingerprint density at radius 1 is 0.980 bits per heavy atom. The largest absolute Gasteiger partial charge is 0.481 e. The fourth-order valence-electron chi connectivity index (χ4n) is 15.4. The van der Waals surface area contributed by atoms with E-state index < -0.39 is 15.8 Å². The number of hydrogen-bond donors (Lipinski definition) is 2. The van der Waals surface area contributed by atoms with Crippen LogP contribution in [-0.2, 0) is 14.6 Å². The zero-order valence-corrected chi connectivity index (χ0v) is 32.8. The average molecular weight is 707 g/mol. The second kappa shape index (κ2) is 11.8. The zero-order chi connectivity index (χ0) is 35.6. The summed E-state index contributed by atoms with van der Waals surface area (Å²) in [5.41, 5.74) is 5.47. The molecule has 2 aliphatic heterocycles. The third kappa shape index (κ3) is 4.96. The van der Waals surface area contributed by atoms with E-state index in [1.807, 2.05) is 0 Å². The monoisotopic (exact) mass is 706 g/mol. The maximum Gasteiger partial charge on any atom is 0.306 e. The van der Waals surface area contributed by atoms with Crippen molar-refractivity contribution in [2.24, 2.45) is 57.2 Å². The Labute approximate surface area is 303 Å². The lowest BCUT2D eigenvalue weighted by Gasteiger charge is -2.72. The zero-order valence-electron chi connectivity index (χ0n) is 32.0. The van der Waals surface area contributed by atoms with Gasteiger partial charge in [-0.1, -0.05) is 58.9 Å². The van der Waals surface area contributed by atoms with Gasteiger partial charge in [0.05, 0.1) is 16.9 Å². The lowest BCUT2D eigenvalue weighted by Crippen LogP contribution is -2.68. The van der Waals surface area contributed by atoms with Crippen LogP contribution in [0.1, 0.15) is 125 Å². The summed E-state index contributed by atoms with van der Waals surface area (Å²) in [5, 5.41) is 13.7. The molecule has 0 unspecified atom stereocenters. The minimum absolute atomic E-state index is 0.0924. The molecule has 2 heterocycles. The molecule has 7 heteroatoms. The van der Waals surface area contributed by atoms with Gasteiger partial charge in [-0.2, -0.15) is 0 Å². The van der Waals surface area contributed by atoms with E-state index in [0.29, 0.717) is 52.6 Å². The van der Waals surface area contributed by atoms with Crippen LogP contribution in [-0.4, -0.2) is 66.6 Å². The number of carboxylic acids is 1. The van der Waals surface area contributed by atoms with Gasteiger partial charge in [-0.25, -0.2) is 8.42 Å². The van der Waals surface area contributed by atoms with Crippen LogP contribution in [0.15, 0.2) is 35.5 Å². The third-order valence-electron chi connectivity index (χ3n) is 18.0. The summed E-state index contributed by atoms with van der Waals surface area (Å²) >= 11 is 0. The van der Waals surface area contributed by atoms with Crippen LogP contribution in [0.2, 0.25) is 0 Å². The molecule has 278 valence electrons. The van der Waals surface area contributed by atoms with Crippen molar-refractivity contribution < 1.29 is 18.3 Å². The van der Waals surface area contributed by atoms with Gasteiger partial charge >= 0.3 is 5.97 Å². The fourth-order valence-corrected chi connectivity index (χ4v) is 17.5. The van der Waals surface area contributed by atoms with Gasteiger partial charge in [0.2, 0.25) is 0 Å². The van der Waals surface area contributed by atoms with Crippen molar-refractivity contribution in [1.29, 1.82) is 0 Å². The number of carboxylic acid groups (broad SMARTS) is 1. The second-order valence-corrected chi connectivity index (χ2v) is 22.5. The Kier molecular flexibility index (Phi) is 8.38. The maximum absolute atomic E-state index is 12.4. The van der Waals surface area contributed by atoms with E-state index in [1.54, 1.807) is 0 Å². The van der Waals surface area contributed by atoms with Crippen molar-refractivity contribution in [2.45, 2.75) is 142 Å². The number of nitrogens with zero attached hydrogens (tertiary/aromatic N) is 1. The van der Waals surface area contributed by atoms with E-state index in [9.17, 15) is 18.3 Å². The van der Waals surface area contributed by atoms with Crippen LogP contribution >= 0.6 is 0 Å². The summed E-state index contributed by atoms with van der Waals surface area (Å²) in [6.45, 7) is 22.7. The van der Waals surface area contributed by atoms with Crippen LogP contribution in [0.4, 0.5) is 0 Å². The van der Waals surface area contributed by atoms with E-state index in [4.69, 9.17) is 0 Å². The van der Waals surface area contributed by atoms with E-state index in [0.717, 1.165) is 45.3 Å². The van der Waals surface area contributed by atoms with Crippen LogP contribution in [0.3, 0.4) is 0 Å². The molecule has 0 aromatic carbocycles. The minimum atomic E-state index is -2.86. The first kappa shape index (κ1) is 35.6. The summed E-state index contributed by atoms with van der Waals surface area (Å²) in [5.74, 6) is 2.74. The normalized spacial score (nSPS) is 48.8. The summed E-state index contributed by atoms with van der Waals surface area (Å²) in [7, 11) is -2.86. The lowest BCUT2D eigenvalue weighted by molar-refractivity contribution is -0.221. The number of aliphatic carboxylic acids is 1. The molecule has 0 amide bonds. The Bertz CT molecular complexity index is 1610. The third-order valence-corrected chi connectivity index (χ3v) is 20.3. The Morgan fingerprint density at radius 3 is 2.40 bits per heavy atom. The molecule has 6 aliphatic carbocycles. The molecule has 12 atom stereocenters. The number of allylic oxidation sites excluding steroid dienone is 5. The first-order valence-electron chi connectivity index (χ1n) is 20.5. The highest BCUT2D eigenvalue weighted by molar-refractivity contribution is 7.92. The van der Waals surface area contributed by atoms with Gasteiger partial charge in [-0.15, -0.1) is 0 Å². The van der Waals surface area contributed by atoms with Crippen molar-refractivity contribution in [3.8, 4) is 0 Å². The molecule has 2 saturated heterocycles. The SMILES string of the molecule is C=C(C)[C@@H]1CC[C@]2(NCCN3C[C@@H]4C[C@H]3CS4(=O)=O)CC[C@]3(C)[C@H](CC[C@@H]4[C@@]5(C)CC=C(C6=CC[C@H](C(=O)O)CC6)C(C)(C)[C@@H]5CC[C@]43C)[C@@H]12. The van der Waals surface area contributed by atoms with E-state index in [-0.39, 0.29) is 33.6 Å². The predicted molar refractivity (Wildman–Crippen MR) is 201 cm³/mol. The number of rotatable bonds is 7. The van der Waals surface area contributed by atoms with Crippen molar-refractivity contribution in [3.63, 3.8) is 0 Å². The molecule has 2 bridgehead atoms. The summed E-state index contributed by atoms with van der Waals surface area (Å²) < 4.78 is 24.8. The number of likely N-dealkylation sites (tertiary alicyclic amines) is 1. The first-order valence-corrected chi connectivity index (χ1v) is 22.2. The summed E-state index contributed by atoms with van der Waals surface area (Å²) in [6.07, 6.45) is 19.5. The molecule has 8 rings (SSSR count). The van der Waals surface area contributed by atoms with E-state index in [2.05, 4.69) is 70.5 Å². The molecule has 0 radical (unpaired) electrons. The molecule has 50 heavy (non-hydrogen) atoms. The van der Waals surface area contributed by atoms with Gasteiger partial charge in [-0.3, -0.25) is 9.69 Å². The highest BCUT2D eigenvalue weighted by Crippen LogP contribution is 2.76. The van der Waals surface area contributed by atoms with Gasteiger partial charge in [0.25, 0.3) is 0 Å². The molecular formula is C43H66N2O4S. The molecule has 0 spiro atoms. The Balaban J connectivity index is 1.04. The summed E-state index contributed by atoms with van der Waals surface area (Å²) in [4.78, 5) is 14.2. The molecule has 0 aromatic heterocycles.